The first-order valence-electron chi connectivity index (χ1n) is 13.5. The summed E-state index contributed by atoms with van der Waals surface area (Å²) in [5, 5.41) is 13.8. The molecule has 3 heterocycles. The summed E-state index contributed by atoms with van der Waals surface area (Å²) in [6.07, 6.45) is 3.26. The molecule has 10 heteroatoms. The summed E-state index contributed by atoms with van der Waals surface area (Å²) < 4.78 is 18.3. The van der Waals surface area contributed by atoms with Gasteiger partial charge in [0.15, 0.2) is 0 Å². The predicted molar refractivity (Wildman–Crippen MR) is 148 cm³/mol. The van der Waals surface area contributed by atoms with Gasteiger partial charge < -0.3 is 28.9 Å². The van der Waals surface area contributed by atoms with Gasteiger partial charge in [-0.2, -0.15) is 0 Å². The van der Waals surface area contributed by atoms with Crippen LogP contribution in [0.1, 0.15) is 44.7 Å². The van der Waals surface area contributed by atoms with Crippen LogP contribution in [-0.4, -0.2) is 70.3 Å². The zero-order valence-corrected chi connectivity index (χ0v) is 23.5. The molecule has 0 aliphatic carbocycles. The third-order valence-electron chi connectivity index (χ3n) is 7.11. The molecule has 212 valence electrons. The van der Waals surface area contributed by atoms with Crippen LogP contribution in [0.4, 0.5) is 0 Å². The van der Waals surface area contributed by atoms with E-state index in [-0.39, 0.29) is 12.2 Å². The van der Waals surface area contributed by atoms with Gasteiger partial charge in [-0.1, -0.05) is 6.07 Å². The Hall–Kier alpha value is -3.05. The molecule has 2 atom stereocenters. The third kappa shape index (κ3) is 7.13. The van der Waals surface area contributed by atoms with E-state index in [1.807, 2.05) is 24.3 Å². The quantitative estimate of drug-likeness (QED) is 0.317. The number of nitrogens with zero attached hydrogens (tertiary/aromatic N) is 2. The fraction of sp³-hybridized carbons (Fsp3) is 0.552. The number of aliphatic hydroxyl groups is 1. The first-order valence-corrected chi connectivity index (χ1v) is 13.5. The summed E-state index contributed by atoms with van der Waals surface area (Å²) in [4.78, 5) is 32.6. The second-order valence-electron chi connectivity index (χ2n) is 11.0. The van der Waals surface area contributed by atoms with Crippen LogP contribution in [0.3, 0.4) is 0 Å². The summed E-state index contributed by atoms with van der Waals surface area (Å²) in [6, 6.07) is 6.97. The average Bonchev–Trinajstić information content (AvgIpc) is 3.23. The Bertz CT molecular complexity index is 1340. The summed E-state index contributed by atoms with van der Waals surface area (Å²) in [6.45, 7) is 9.61. The first kappa shape index (κ1) is 28.9. The van der Waals surface area contributed by atoms with Crippen molar-refractivity contribution in [1.29, 1.82) is 0 Å². The Morgan fingerprint density at radius 1 is 1.31 bits per heavy atom. The number of hydrogen-bond acceptors (Lipinski definition) is 8. The highest BCUT2D eigenvalue weighted by Gasteiger charge is 2.35. The van der Waals surface area contributed by atoms with Gasteiger partial charge in [0.2, 0.25) is 0 Å². The van der Waals surface area contributed by atoms with Crippen LogP contribution in [0.2, 0.25) is 0 Å². The topological polar surface area (TPSA) is 128 Å². The van der Waals surface area contributed by atoms with Crippen LogP contribution < -0.4 is 10.9 Å². The molecule has 1 saturated heterocycles. The third-order valence-corrected chi connectivity index (χ3v) is 7.11. The van der Waals surface area contributed by atoms with Gasteiger partial charge in [0, 0.05) is 50.7 Å². The Morgan fingerprint density at radius 2 is 2.05 bits per heavy atom. The minimum Gasteiger partial charge on any atom is -0.459 e. The number of carbonyl (C=O) groups is 1. The maximum absolute atomic E-state index is 12.8. The second kappa shape index (κ2) is 12.4. The van der Waals surface area contributed by atoms with Crippen LogP contribution in [0.5, 0.6) is 0 Å². The Morgan fingerprint density at radius 3 is 2.72 bits per heavy atom. The first-order chi connectivity index (χ1) is 18.6. The lowest BCUT2D eigenvalue weighted by Crippen LogP contribution is -2.53. The van der Waals surface area contributed by atoms with E-state index in [1.54, 1.807) is 41.0 Å². The van der Waals surface area contributed by atoms with Gasteiger partial charge in [0.1, 0.15) is 18.0 Å². The minimum absolute atomic E-state index is 0.115. The molecule has 10 nitrogen and oxygen atoms in total. The highest BCUT2D eigenvalue weighted by Crippen LogP contribution is 2.29. The minimum atomic E-state index is -1.34. The van der Waals surface area contributed by atoms with Crippen LogP contribution >= 0.6 is 0 Å². The lowest BCUT2D eigenvalue weighted by molar-refractivity contribution is -0.159. The molecule has 3 N–H and O–H groups in total. The number of methoxy groups -OCH3 is 1. The Kier molecular flexibility index (Phi) is 9.22. The van der Waals surface area contributed by atoms with Crippen molar-refractivity contribution in [3.63, 3.8) is 0 Å². The van der Waals surface area contributed by atoms with Gasteiger partial charge in [-0.25, -0.2) is 4.98 Å². The van der Waals surface area contributed by atoms with Gasteiger partial charge in [-0.05, 0) is 70.2 Å². The van der Waals surface area contributed by atoms with Crippen molar-refractivity contribution in [3.05, 3.63) is 51.9 Å². The number of ether oxygens (including phenoxy) is 3. The van der Waals surface area contributed by atoms with E-state index in [4.69, 9.17) is 19.2 Å². The molecule has 2 unspecified atom stereocenters. The molecule has 1 aromatic carbocycles. The van der Waals surface area contributed by atoms with Crippen molar-refractivity contribution in [2.24, 2.45) is 5.92 Å². The average molecular weight is 541 g/mol. The molecule has 0 spiro atoms. The number of carbonyl (C=O) groups excluding carboxylic acids is 1. The zero-order valence-electron chi connectivity index (χ0n) is 23.5. The molecule has 0 radical (unpaired) electrons. The van der Waals surface area contributed by atoms with E-state index in [2.05, 4.69) is 14.9 Å². The smallest absolute Gasteiger partial charge is 0.326 e. The SMILES string of the molecule is COCC(C)OC(=O)C(NCc1ccc2c(c1)nc(-c1c[nH]c(=O)c(C)c1)n2CC1CCOCC1)C(C)(C)O. The van der Waals surface area contributed by atoms with Gasteiger partial charge in [-0.3, -0.25) is 14.9 Å². The molecule has 1 aliphatic heterocycles. The number of aryl methyl sites for hydroxylation is 1. The van der Waals surface area contributed by atoms with Gasteiger partial charge in [-0.15, -0.1) is 0 Å². The summed E-state index contributed by atoms with van der Waals surface area (Å²) >= 11 is 0. The highest BCUT2D eigenvalue weighted by molar-refractivity contribution is 5.81. The van der Waals surface area contributed by atoms with Crippen LogP contribution in [0.15, 0.2) is 35.3 Å². The van der Waals surface area contributed by atoms with E-state index in [0.717, 1.165) is 60.6 Å². The molecule has 3 aromatic rings. The second-order valence-corrected chi connectivity index (χ2v) is 11.0. The number of pyridine rings is 1. The number of esters is 1. The highest BCUT2D eigenvalue weighted by atomic mass is 16.6. The van der Waals surface area contributed by atoms with E-state index in [9.17, 15) is 14.7 Å². The molecular weight excluding hydrogens is 500 g/mol. The molecule has 1 fully saturated rings. The Labute approximate surface area is 228 Å². The van der Waals surface area contributed by atoms with Crippen molar-refractivity contribution in [2.45, 2.75) is 71.4 Å². The number of aromatic nitrogens is 3. The van der Waals surface area contributed by atoms with E-state index in [0.29, 0.717) is 18.0 Å². The van der Waals surface area contributed by atoms with Crippen LogP contribution in [-0.2, 0) is 32.1 Å². The van der Waals surface area contributed by atoms with Crippen molar-refractivity contribution in [1.82, 2.24) is 19.9 Å². The maximum atomic E-state index is 12.8. The number of fused-ring (bicyclic) bond motifs is 1. The van der Waals surface area contributed by atoms with Crippen LogP contribution in [0.25, 0.3) is 22.4 Å². The molecule has 0 amide bonds. The van der Waals surface area contributed by atoms with Gasteiger partial charge in [0.25, 0.3) is 5.56 Å². The molecule has 4 rings (SSSR count). The number of benzene rings is 1. The largest absolute Gasteiger partial charge is 0.459 e. The number of rotatable bonds is 11. The number of aromatic amines is 1. The summed E-state index contributed by atoms with van der Waals surface area (Å²) in [5.74, 6) is 0.731. The predicted octanol–water partition coefficient (Wildman–Crippen LogP) is 2.93. The molecule has 1 aliphatic rings. The standard InChI is InChI=1S/C29H40N4O6/c1-18-12-22(15-31-27(18)34)26-32-23-13-21(6-7-24(23)33(26)16-20-8-10-38-11-9-20)14-30-25(29(3,4)36)28(35)39-19(2)17-37-5/h6-7,12-13,15,19-20,25,30,36H,8-11,14,16-17H2,1-5H3,(H,31,34). The number of imidazole rings is 1. The van der Waals surface area contributed by atoms with Gasteiger partial charge >= 0.3 is 5.97 Å². The van der Waals surface area contributed by atoms with Crippen molar-refractivity contribution in [2.75, 3.05) is 26.9 Å². The molecule has 0 bridgehead atoms. The fourth-order valence-electron chi connectivity index (χ4n) is 4.98. The molecule has 2 aromatic heterocycles. The number of hydrogen-bond donors (Lipinski definition) is 3. The van der Waals surface area contributed by atoms with E-state index in [1.165, 1.54) is 0 Å². The van der Waals surface area contributed by atoms with Crippen molar-refractivity contribution < 1.29 is 24.1 Å². The lowest BCUT2D eigenvalue weighted by Gasteiger charge is -2.29. The molecule has 39 heavy (non-hydrogen) atoms. The van der Waals surface area contributed by atoms with E-state index < -0.39 is 23.7 Å². The maximum Gasteiger partial charge on any atom is 0.326 e. The van der Waals surface area contributed by atoms with E-state index >= 15 is 0 Å². The van der Waals surface area contributed by atoms with Crippen molar-refractivity contribution >= 4 is 17.0 Å². The molecule has 0 saturated carbocycles. The van der Waals surface area contributed by atoms with Crippen LogP contribution in [0, 0.1) is 12.8 Å². The number of H-pyrrole nitrogens is 1. The molecular formula is C29H40N4O6. The Balaban J connectivity index is 1.62. The monoisotopic (exact) mass is 540 g/mol. The van der Waals surface area contributed by atoms with Gasteiger partial charge in [0.05, 0.1) is 23.2 Å². The normalized spacial score (nSPS) is 16.4. The zero-order chi connectivity index (χ0) is 28.2. The number of nitrogens with one attached hydrogen (secondary N) is 2. The lowest BCUT2D eigenvalue weighted by atomic mass is 9.98. The summed E-state index contributed by atoms with van der Waals surface area (Å²) in [7, 11) is 1.54. The fourth-order valence-corrected chi connectivity index (χ4v) is 4.98. The van der Waals surface area contributed by atoms with Crippen molar-refractivity contribution in [3.8, 4) is 11.4 Å². The summed E-state index contributed by atoms with van der Waals surface area (Å²) in [5.41, 5.74) is 2.75.